The summed E-state index contributed by atoms with van der Waals surface area (Å²) in [6.45, 7) is 3.99. The van der Waals surface area contributed by atoms with E-state index in [0.29, 0.717) is 23.8 Å². The lowest BCUT2D eigenvalue weighted by atomic mass is 9.79. The Morgan fingerprint density at radius 3 is 2.19 bits per heavy atom. The van der Waals surface area contributed by atoms with Crippen molar-refractivity contribution in [3.05, 3.63) is 17.7 Å². The Labute approximate surface area is 187 Å². The lowest BCUT2D eigenvalue weighted by Gasteiger charge is -2.48. The van der Waals surface area contributed by atoms with Gasteiger partial charge in [-0.25, -0.2) is 0 Å². The number of likely N-dealkylation sites (tertiary alicyclic amines) is 1. The zero-order valence-corrected chi connectivity index (χ0v) is 19.8. The quantitative estimate of drug-likeness (QED) is 0.484. The number of guanidine groups is 1. The smallest absolute Gasteiger partial charge is 0.203 e. The summed E-state index contributed by atoms with van der Waals surface area (Å²) in [5, 5.41) is 7.09. The molecule has 1 saturated carbocycles. The predicted molar refractivity (Wildman–Crippen MR) is 126 cm³/mol. The fraction of sp³-hybridized carbons (Fsp3) is 0.708. The van der Waals surface area contributed by atoms with Crippen LogP contribution in [0.4, 0.5) is 0 Å². The molecule has 174 valence electrons. The summed E-state index contributed by atoms with van der Waals surface area (Å²) in [6, 6.07) is 3.90. The summed E-state index contributed by atoms with van der Waals surface area (Å²) in [6.07, 6.45) is 10.6. The maximum Gasteiger partial charge on any atom is 0.203 e. The molecular weight excluding hydrogens is 392 g/mol. The number of rotatable bonds is 8. The maximum atomic E-state index is 5.61. The van der Waals surface area contributed by atoms with Gasteiger partial charge >= 0.3 is 0 Å². The van der Waals surface area contributed by atoms with Crippen LogP contribution >= 0.6 is 0 Å². The first-order valence-corrected chi connectivity index (χ1v) is 11.6. The molecule has 0 aromatic heterocycles. The molecule has 0 bridgehead atoms. The van der Waals surface area contributed by atoms with Crippen LogP contribution in [0.5, 0.6) is 17.2 Å². The maximum absolute atomic E-state index is 5.61. The largest absolute Gasteiger partial charge is 0.493 e. The molecule has 1 saturated heterocycles. The summed E-state index contributed by atoms with van der Waals surface area (Å²) in [5.41, 5.74) is 1.25. The molecule has 7 heteroatoms. The minimum absolute atomic E-state index is 0.261. The van der Waals surface area contributed by atoms with E-state index < -0.39 is 0 Å². The third-order valence-corrected chi connectivity index (χ3v) is 6.85. The van der Waals surface area contributed by atoms with Crippen molar-refractivity contribution in [3.63, 3.8) is 0 Å². The minimum Gasteiger partial charge on any atom is -0.493 e. The summed E-state index contributed by atoms with van der Waals surface area (Å²) in [4.78, 5) is 7.23. The molecule has 1 aromatic rings. The zero-order valence-electron chi connectivity index (χ0n) is 19.8. The van der Waals surface area contributed by atoms with Crippen molar-refractivity contribution in [1.82, 2.24) is 15.5 Å². The van der Waals surface area contributed by atoms with Gasteiger partial charge in [0.05, 0.1) is 21.3 Å². The Kier molecular flexibility index (Phi) is 8.69. The van der Waals surface area contributed by atoms with Gasteiger partial charge in [-0.05, 0) is 50.9 Å². The highest BCUT2D eigenvalue weighted by Gasteiger charge is 2.38. The number of nitrogens with zero attached hydrogens (tertiary/aromatic N) is 2. The molecular formula is C24H40N4O3. The molecule has 31 heavy (non-hydrogen) atoms. The number of aliphatic imine (C=N–C) groups is 1. The van der Waals surface area contributed by atoms with Crippen molar-refractivity contribution < 1.29 is 14.2 Å². The average Bonchev–Trinajstić information content (AvgIpc) is 2.84. The normalized spacial score (nSPS) is 19.5. The number of ether oxygens (including phenoxy) is 3. The molecule has 0 spiro atoms. The van der Waals surface area contributed by atoms with Crippen LogP contribution in [-0.2, 0) is 6.54 Å². The van der Waals surface area contributed by atoms with Crippen LogP contribution in [0.3, 0.4) is 0 Å². The van der Waals surface area contributed by atoms with Gasteiger partial charge in [0.1, 0.15) is 0 Å². The van der Waals surface area contributed by atoms with Crippen molar-refractivity contribution in [3.8, 4) is 17.2 Å². The average molecular weight is 433 g/mol. The van der Waals surface area contributed by atoms with Crippen molar-refractivity contribution in [2.45, 2.75) is 63.5 Å². The van der Waals surface area contributed by atoms with E-state index in [1.54, 1.807) is 21.3 Å². The van der Waals surface area contributed by atoms with Crippen LogP contribution in [-0.4, -0.2) is 64.4 Å². The van der Waals surface area contributed by atoms with Gasteiger partial charge in [0, 0.05) is 31.2 Å². The number of piperidine rings is 1. The first-order chi connectivity index (χ1) is 15.2. The molecule has 0 atom stereocenters. The van der Waals surface area contributed by atoms with Gasteiger partial charge in [0.15, 0.2) is 17.5 Å². The van der Waals surface area contributed by atoms with Crippen LogP contribution in [0.1, 0.15) is 56.9 Å². The molecule has 1 heterocycles. The van der Waals surface area contributed by atoms with E-state index in [1.807, 2.05) is 19.2 Å². The molecule has 2 N–H and O–H groups in total. The Hall–Kier alpha value is -2.15. The summed E-state index contributed by atoms with van der Waals surface area (Å²) in [7, 11) is 6.74. The molecule has 2 aliphatic rings. The van der Waals surface area contributed by atoms with Crippen LogP contribution in [0.25, 0.3) is 0 Å². The Balaban J connectivity index is 1.65. The van der Waals surface area contributed by atoms with Crippen LogP contribution in [0.2, 0.25) is 0 Å². The molecule has 0 amide bonds. The van der Waals surface area contributed by atoms with E-state index in [1.165, 1.54) is 64.5 Å². The van der Waals surface area contributed by atoms with Gasteiger partial charge in [-0.15, -0.1) is 0 Å². The second-order valence-corrected chi connectivity index (χ2v) is 8.61. The van der Waals surface area contributed by atoms with Gasteiger partial charge in [-0.3, -0.25) is 9.89 Å². The van der Waals surface area contributed by atoms with Gasteiger partial charge in [0.25, 0.3) is 0 Å². The molecule has 1 aromatic carbocycles. The molecule has 7 nitrogen and oxygen atoms in total. The highest BCUT2D eigenvalue weighted by molar-refractivity contribution is 5.79. The molecule has 1 aliphatic heterocycles. The van der Waals surface area contributed by atoms with Gasteiger partial charge in [-0.1, -0.05) is 25.7 Å². The number of hydrogen-bond donors (Lipinski definition) is 2. The first kappa shape index (κ1) is 23.5. The van der Waals surface area contributed by atoms with Gasteiger partial charge in [-0.2, -0.15) is 0 Å². The number of methoxy groups -OCH3 is 3. The van der Waals surface area contributed by atoms with E-state index in [4.69, 9.17) is 14.2 Å². The minimum atomic E-state index is 0.261. The Bertz CT molecular complexity index is 726. The number of hydrogen-bond acceptors (Lipinski definition) is 5. The third-order valence-electron chi connectivity index (χ3n) is 6.85. The zero-order chi connectivity index (χ0) is 22.1. The second kappa shape index (κ2) is 11.5. The van der Waals surface area contributed by atoms with Crippen LogP contribution < -0.4 is 24.8 Å². The third kappa shape index (κ3) is 5.56. The van der Waals surface area contributed by atoms with Crippen LogP contribution in [0, 0.1) is 0 Å². The van der Waals surface area contributed by atoms with Crippen molar-refractivity contribution >= 4 is 5.96 Å². The molecule has 3 rings (SSSR count). The highest BCUT2D eigenvalue weighted by Crippen LogP contribution is 2.39. The van der Waals surface area contributed by atoms with E-state index >= 15 is 0 Å². The topological polar surface area (TPSA) is 67.4 Å². The molecule has 1 aliphatic carbocycles. The summed E-state index contributed by atoms with van der Waals surface area (Å²) < 4.78 is 16.5. The number of nitrogens with one attached hydrogen (secondary N) is 2. The second-order valence-electron chi connectivity index (χ2n) is 8.61. The van der Waals surface area contributed by atoms with E-state index in [0.717, 1.165) is 18.1 Å². The number of benzene rings is 1. The van der Waals surface area contributed by atoms with Crippen molar-refractivity contribution in [1.29, 1.82) is 0 Å². The highest BCUT2D eigenvalue weighted by atomic mass is 16.5. The van der Waals surface area contributed by atoms with Crippen molar-refractivity contribution in [2.75, 3.05) is 48.0 Å². The van der Waals surface area contributed by atoms with E-state index in [9.17, 15) is 0 Å². The lowest BCUT2D eigenvalue weighted by Crippen LogP contribution is -2.59. The van der Waals surface area contributed by atoms with E-state index in [-0.39, 0.29) is 5.54 Å². The monoisotopic (exact) mass is 432 g/mol. The fourth-order valence-corrected chi connectivity index (χ4v) is 5.13. The SMILES string of the molecule is CN=C(NCc1ccc(OC)c(OC)c1OC)NCC1(N2CCCCC2)CCCCC1. The lowest BCUT2D eigenvalue weighted by molar-refractivity contribution is 0.0368. The van der Waals surface area contributed by atoms with Crippen molar-refractivity contribution in [2.24, 2.45) is 4.99 Å². The summed E-state index contributed by atoms with van der Waals surface area (Å²) in [5.74, 6) is 2.77. The molecule has 0 unspecified atom stereocenters. The van der Waals surface area contributed by atoms with Gasteiger partial charge in [0.2, 0.25) is 5.75 Å². The molecule has 0 radical (unpaired) electrons. The van der Waals surface area contributed by atoms with Crippen LogP contribution in [0.15, 0.2) is 17.1 Å². The summed E-state index contributed by atoms with van der Waals surface area (Å²) >= 11 is 0. The Morgan fingerprint density at radius 2 is 1.58 bits per heavy atom. The standard InChI is InChI=1S/C24H40N4O3/c1-25-23(26-17-19-11-12-20(29-2)22(31-4)21(19)30-3)27-18-24(13-7-5-8-14-24)28-15-9-6-10-16-28/h11-12H,5-10,13-18H2,1-4H3,(H2,25,26,27). The molecule has 2 fully saturated rings. The first-order valence-electron chi connectivity index (χ1n) is 11.6. The fourth-order valence-electron chi connectivity index (χ4n) is 5.13. The predicted octanol–water partition coefficient (Wildman–Crippen LogP) is 3.57. The Morgan fingerprint density at radius 1 is 0.903 bits per heavy atom. The van der Waals surface area contributed by atoms with E-state index in [2.05, 4.69) is 20.5 Å². The van der Waals surface area contributed by atoms with Gasteiger partial charge < -0.3 is 24.8 Å².